The number of fused-ring (bicyclic) bond motifs is 4. The zero-order valence-corrected chi connectivity index (χ0v) is 34.1. The smallest absolute Gasteiger partial charge is 0.143 e. The molecule has 0 fully saturated rings. The molecule has 61 heavy (non-hydrogen) atoms. The van der Waals surface area contributed by atoms with Crippen LogP contribution in [0.15, 0.2) is 251 Å². The Morgan fingerprint density at radius 1 is 0.328 bits per heavy atom. The summed E-state index contributed by atoms with van der Waals surface area (Å²) < 4.78 is 6.43. The van der Waals surface area contributed by atoms with Crippen molar-refractivity contribution in [2.75, 3.05) is 4.90 Å². The zero-order valence-electron chi connectivity index (χ0n) is 33.3. The van der Waals surface area contributed by atoms with E-state index in [1.165, 1.54) is 53.9 Å². The van der Waals surface area contributed by atoms with Gasteiger partial charge in [0.15, 0.2) is 0 Å². The van der Waals surface area contributed by atoms with Crippen LogP contribution in [0.1, 0.15) is 0 Å². The van der Waals surface area contributed by atoms with E-state index in [1.807, 2.05) is 23.9 Å². The Labute approximate surface area is 360 Å². The molecule has 10 aromatic carbocycles. The lowest BCUT2D eigenvalue weighted by molar-refractivity contribution is 0.670. The summed E-state index contributed by atoms with van der Waals surface area (Å²) in [7, 11) is 0. The van der Waals surface area contributed by atoms with Gasteiger partial charge in [0, 0.05) is 43.2 Å². The number of hydrogen-bond donors (Lipinski definition) is 0. The lowest BCUT2D eigenvalue weighted by Gasteiger charge is -2.26. The molecule has 0 aliphatic rings. The van der Waals surface area contributed by atoms with Crippen LogP contribution in [0.4, 0.5) is 17.1 Å². The van der Waals surface area contributed by atoms with Gasteiger partial charge in [0.1, 0.15) is 11.2 Å². The second kappa shape index (κ2) is 15.9. The van der Waals surface area contributed by atoms with Gasteiger partial charge >= 0.3 is 0 Å². The fourth-order valence-electron chi connectivity index (χ4n) is 8.62. The maximum atomic E-state index is 6.43. The standard InChI is InChI=1S/C58H39NOS/c1-4-15-40(16-5-1)41-27-33-45(34-28-41)59(46-35-29-43(30-36-46)49-24-14-25-53-50-21-12-13-26-55(50)60-58(49)53)47-37-31-44(32-38-47)57-52-23-11-10-22-51(52)56(61-48-19-8-3-9-20-48)39-54(57)42-17-6-2-7-18-42/h1-39H. The first-order valence-electron chi connectivity index (χ1n) is 20.7. The van der Waals surface area contributed by atoms with Gasteiger partial charge in [-0.2, -0.15) is 0 Å². The lowest BCUT2D eigenvalue weighted by Crippen LogP contribution is -2.09. The van der Waals surface area contributed by atoms with E-state index in [0.29, 0.717) is 0 Å². The number of benzene rings is 10. The fraction of sp³-hybridized carbons (Fsp3) is 0. The average Bonchev–Trinajstić information content (AvgIpc) is 3.72. The number of para-hydroxylation sites is 2. The zero-order chi connectivity index (χ0) is 40.5. The van der Waals surface area contributed by atoms with Gasteiger partial charge in [0.25, 0.3) is 0 Å². The molecule has 288 valence electrons. The Morgan fingerprint density at radius 2 is 0.803 bits per heavy atom. The first-order chi connectivity index (χ1) is 30.2. The number of anilines is 3. The molecule has 0 radical (unpaired) electrons. The van der Waals surface area contributed by atoms with Gasteiger partial charge in [-0.25, -0.2) is 0 Å². The van der Waals surface area contributed by atoms with Crippen molar-refractivity contribution in [1.82, 2.24) is 0 Å². The second-order valence-corrected chi connectivity index (χ2v) is 16.4. The Bertz CT molecular complexity index is 3290. The molecule has 0 N–H and O–H groups in total. The molecular formula is C58H39NOS. The summed E-state index contributed by atoms with van der Waals surface area (Å²) in [5, 5.41) is 4.74. The molecule has 0 atom stereocenters. The van der Waals surface area contributed by atoms with E-state index in [1.54, 1.807) is 0 Å². The maximum Gasteiger partial charge on any atom is 0.143 e. The molecule has 0 amide bonds. The quantitative estimate of drug-likeness (QED) is 0.145. The van der Waals surface area contributed by atoms with E-state index in [0.717, 1.165) is 50.1 Å². The van der Waals surface area contributed by atoms with Gasteiger partial charge in [0.2, 0.25) is 0 Å². The van der Waals surface area contributed by atoms with E-state index in [-0.39, 0.29) is 0 Å². The highest BCUT2D eigenvalue weighted by Gasteiger charge is 2.19. The van der Waals surface area contributed by atoms with Crippen LogP contribution in [0, 0.1) is 0 Å². The van der Waals surface area contributed by atoms with Gasteiger partial charge in [0.05, 0.1) is 0 Å². The third kappa shape index (κ3) is 6.95. The Balaban J connectivity index is 1.02. The predicted molar refractivity (Wildman–Crippen MR) is 258 cm³/mol. The molecule has 3 heteroatoms. The minimum atomic E-state index is 0.904. The van der Waals surface area contributed by atoms with Crippen LogP contribution in [0.25, 0.3) is 77.2 Å². The molecule has 0 aliphatic carbocycles. The van der Waals surface area contributed by atoms with Crippen molar-refractivity contribution in [2.24, 2.45) is 0 Å². The summed E-state index contributed by atoms with van der Waals surface area (Å²) >= 11 is 1.82. The molecule has 0 saturated carbocycles. The minimum absolute atomic E-state index is 0.904. The normalized spacial score (nSPS) is 11.3. The van der Waals surface area contributed by atoms with E-state index < -0.39 is 0 Å². The van der Waals surface area contributed by atoms with Crippen LogP contribution in [0.3, 0.4) is 0 Å². The minimum Gasteiger partial charge on any atom is -0.455 e. The topological polar surface area (TPSA) is 16.4 Å². The van der Waals surface area contributed by atoms with Crippen molar-refractivity contribution >= 4 is 61.5 Å². The van der Waals surface area contributed by atoms with E-state index in [4.69, 9.17) is 4.42 Å². The SMILES string of the molecule is c1ccc(Sc2cc(-c3ccccc3)c(-c3ccc(N(c4ccc(-c5ccccc5)cc4)c4ccc(-c5cccc6c5oc5ccccc56)cc4)cc3)c3ccccc23)cc1. The van der Waals surface area contributed by atoms with Crippen LogP contribution in [0.5, 0.6) is 0 Å². The van der Waals surface area contributed by atoms with E-state index >= 15 is 0 Å². The largest absolute Gasteiger partial charge is 0.455 e. The predicted octanol–water partition coefficient (Wildman–Crippen LogP) is 17.0. The van der Waals surface area contributed by atoms with Crippen LogP contribution >= 0.6 is 11.8 Å². The molecule has 0 unspecified atom stereocenters. The molecule has 0 saturated heterocycles. The summed E-state index contributed by atoms with van der Waals surface area (Å²) in [5.74, 6) is 0. The van der Waals surface area contributed by atoms with E-state index in [9.17, 15) is 0 Å². The summed E-state index contributed by atoms with van der Waals surface area (Å²) in [6, 6.07) is 84.8. The van der Waals surface area contributed by atoms with Gasteiger partial charge in [-0.1, -0.05) is 188 Å². The number of hydrogen-bond acceptors (Lipinski definition) is 3. The highest BCUT2D eigenvalue weighted by molar-refractivity contribution is 7.99. The molecule has 11 rings (SSSR count). The number of furan rings is 1. The van der Waals surface area contributed by atoms with Crippen molar-refractivity contribution < 1.29 is 4.42 Å². The molecule has 0 bridgehead atoms. The van der Waals surface area contributed by atoms with Crippen molar-refractivity contribution in [2.45, 2.75) is 9.79 Å². The number of rotatable bonds is 9. The second-order valence-electron chi connectivity index (χ2n) is 15.2. The molecular weight excluding hydrogens is 759 g/mol. The van der Waals surface area contributed by atoms with Crippen LogP contribution in [-0.4, -0.2) is 0 Å². The third-order valence-electron chi connectivity index (χ3n) is 11.6. The molecule has 2 nitrogen and oxygen atoms in total. The van der Waals surface area contributed by atoms with Gasteiger partial charge in [-0.15, -0.1) is 0 Å². The first-order valence-corrected chi connectivity index (χ1v) is 21.5. The average molecular weight is 798 g/mol. The van der Waals surface area contributed by atoms with Crippen LogP contribution < -0.4 is 4.90 Å². The highest BCUT2D eigenvalue weighted by Crippen LogP contribution is 2.46. The Kier molecular flexibility index (Phi) is 9.50. The van der Waals surface area contributed by atoms with Crippen molar-refractivity contribution in [1.29, 1.82) is 0 Å². The molecule has 1 aromatic heterocycles. The van der Waals surface area contributed by atoms with Crippen molar-refractivity contribution in [3.05, 3.63) is 237 Å². The fourth-order valence-corrected chi connectivity index (χ4v) is 9.63. The molecule has 11 aromatic rings. The Morgan fingerprint density at radius 3 is 1.46 bits per heavy atom. The summed E-state index contributed by atoms with van der Waals surface area (Å²) in [6.07, 6.45) is 0. The maximum absolute atomic E-state index is 6.43. The van der Waals surface area contributed by atoms with Crippen molar-refractivity contribution in [3.8, 4) is 44.5 Å². The first kappa shape index (κ1) is 36.5. The summed E-state index contributed by atoms with van der Waals surface area (Å²) in [5.41, 5.74) is 14.4. The highest BCUT2D eigenvalue weighted by atomic mass is 32.2. The van der Waals surface area contributed by atoms with Crippen LogP contribution in [-0.2, 0) is 0 Å². The van der Waals surface area contributed by atoms with E-state index in [2.05, 4.69) is 229 Å². The van der Waals surface area contributed by atoms with Crippen LogP contribution in [0.2, 0.25) is 0 Å². The van der Waals surface area contributed by atoms with Gasteiger partial charge in [-0.05, 0) is 110 Å². The monoisotopic (exact) mass is 797 g/mol. The summed E-state index contributed by atoms with van der Waals surface area (Å²) in [4.78, 5) is 4.81. The van der Waals surface area contributed by atoms with Gasteiger partial charge < -0.3 is 9.32 Å². The number of nitrogens with zero attached hydrogens (tertiary/aromatic N) is 1. The Hall–Kier alpha value is -7.59. The molecule has 0 spiro atoms. The van der Waals surface area contributed by atoms with Crippen molar-refractivity contribution in [3.63, 3.8) is 0 Å². The third-order valence-corrected chi connectivity index (χ3v) is 12.6. The lowest BCUT2D eigenvalue weighted by atomic mass is 9.89. The molecule has 1 heterocycles. The van der Waals surface area contributed by atoms with Gasteiger partial charge in [-0.3, -0.25) is 0 Å². The summed E-state index contributed by atoms with van der Waals surface area (Å²) in [6.45, 7) is 0. The molecule has 0 aliphatic heterocycles.